The summed E-state index contributed by atoms with van der Waals surface area (Å²) in [6.45, 7) is 2.56. The predicted molar refractivity (Wildman–Crippen MR) is 117 cm³/mol. The van der Waals surface area contributed by atoms with Gasteiger partial charge in [0.15, 0.2) is 0 Å². The summed E-state index contributed by atoms with van der Waals surface area (Å²) >= 11 is 0. The van der Waals surface area contributed by atoms with Gasteiger partial charge in [0.1, 0.15) is 11.9 Å². The average Bonchev–Trinajstić information content (AvgIpc) is 3.28. The van der Waals surface area contributed by atoms with Crippen molar-refractivity contribution in [2.45, 2.75) is 19.4 Å². The minimum Gasteiger partial charge on any atom is -0.342 e. The highest BCUT2D eigenvalue weighted by Gasteiger charge is 2.34. The highest BCUT2D eigenvalue weighted by atomic mass is 16.2. The Morgan fingerprint density at radius 1 is 1.03 bits per heavy atom. The van der Waals surface area contributed by atoms with Gasteiger partial charge >= 0.3 is 0 Å². The summed E-state index contributed by atoms with van der Waals surface area (Å²) in [6.07, 6.45) is 0.680. The molecule has 1 amide bonds. The van der Waals surface area contributed by atoms with E-state index in [1.807, 2.05) is 74.6 Å². The van der Waals surface area contributed by atoms with E-state index < -0.39 is 0 Å². The number of para-hydroxylation sites is 1. The fourth-order valence-corrected chi connectivity index (χ4v) is 4.00. The number of aryl methyl sites for hydroxylation is 2. The number of hydrogen-bond acceptors (Lipinski definition) is 5. The van der Waals surface area contributed by atoms with Crippen LogP contribution < -0.4 is 10.2 Å². The van der Waals surface area contributed by atoms with Crippen LogP contribution in [0.4, 0.5) is 11.8 Å². The smallest absolute Gasteiger partial charge is 0.250 e. The Morgan fingerprint density at radius 2 is 1.80 bits per heavy atom. The van der Waals surface area contributed by atoms with E-state index in [0.717, 1.165) is 33.7 Å². The Bertz CT molecular complexity index is 1230. The molecular weight excluding hydrogens is 376 g/mol. The molecule has 1 atom stereocenters. The van der Waals surface area contributed by atoms with Gasteiger partial charge in [-0.05, 0) is 19.4 Å². The van der Waals surface area contributed by atoms with E-state index in [9.17, 15) is 4.79 Å². The minimum absolute atomic E-state index is 0.0102. The monoisotopic (exact) mass is 398 g/mol. The summed E-state index contributed by atoms with van der Waals surface area (Å²) in [7, 11) is 1.86. The van der Waals surface area contributed by atoms with Crippen molar-refractivity contribution in [2.75, 3.05) is 16.8 Å². The van der Waals surface area contributed by atoms with Gasteiger partial charge in [0.05, 0.1) is 16.9 Å². The second-order valence-corrected chi connectivity index (χ2v) is 7.52. The third kappa shape index (κ3) is 3.18. The molecular formula is C23H22N6O. The number of benzene rings is 2. The van der Waals surface area contributed by atoms with Crippen molar-refractivity contribution in [3.05, 3.63) is 66.4 Å². The first-order chi connectivity index (χ1) is 14.6. The lowest BCUT2D eigenvalue weighted by Crippen LogP contribution is -2.34. The van der Waals surface area contributed by atoms with Gasteiger partial charge in [0.25, 0.3) is 5.91 Å². The fraction of sp³-hybridized carbons (Fsp3) is 0.217. The molecule has 0 saturated carbocycles. The van der Waals surface area contributed by atoms with Crippen LogP contribution in [0.25, 0.3) is 22.2 Å². The van der Waals surface area contributed by atoms with E-state index in [4.69, 9.17) is 4.98 Å². The van der Waals surface area contributed by atoms with Gasteiger partial charge in [-0.3, -0.25) is 14.4 Å². The summed E-state index contributed by atoms with van der Waals surface area (Å²) < 4.78 is 1.75. The molecule has 1 saturated heterocycles. The Kier molecular flexibility index (Phi) is 4.43. The van der Waals surface area contributed by atoms with E-state index in [-0.39, 0.29) is 11.9 Å². The van der Waals surface area contributed by atoms with Crippen molar-refractivity contribution < 1.29 is 4.79 Å². The SMILES string of the molecule is Cc1cc(N2CCC(Nc3nc(-c4ccccc4)c4ccccc4n3)C2=O)n(C)n1. The van der Waals surface area contributed by atoms with Crippen LogP contribution in [-0.2, 0) is 11.8 Å². The molecule has 4 aromatic rings. The van der Waals surface area contributed by atoms with Gasteiger partial charge in [0.2, 0.25) is 5.95 Å². The summed E-state index contributed by atoms with van der Waals surface area (Å²) in [4.78, 5) is 24.3. The number of nitrogens with one attached hydrogen (secondary N) is 1. The maximum atomic E-state index is 13.1. The molecule has 150 valence electrons. The molecule has 3 heterocycles. The standard InChI is InChI=1S/C23H22N6O/c1-15-14-20(28(2)27-15)29-13-12-19(22(29)30)25-23-24-18-11-7-6-10-17(18)21(26-23)16-8-4-3-5-9-16/h3-11,14,19H,12-13H2,1-2H3,(H,24,25,26). The predicted octanol–water partition coefficient (Wildman–Crippen LogP) is 3.56. The van der Waals surface area contributed by atoms with Crippen molar-refractivity contribution in [3.8, 4) is 11.3 Å². The molecule has 1 N–H and O–H groups in total. The van der Waals surface area contributed by atoms with Gasteiger partial charge in [-0.25, -0.2) is 9.97 Å². The molecule has 1 aliphatic heterocycles. The lowest BCUT2D eigenvalue weighted by molar-refractivity contribution is -0.117. The van der Waals surface area contributed by atoms with Crippen LogP contribution in [0.3, 0.4) is 0 Å². The Balaban J connectivity index is 1.47. The molecule has 2 aromatic heterocycles. The first kappa shape index (κ1) is 18.3. The number of carbonyl (C=O) groups excluding carboxylic acids is 1. The number of carbonyl (C=O) groups is 1. The van der Waals surface area contributed by atoms with E-state index >= 15 is 0 Å². The van der Waals surface area contributed by atoms with Crippen LogP contribution in [0, 0.1) is 6.92 Å². The molecule has 0 radical (unpaired) electrons. The zero-order chi connectivity index (χ0) is 20.7. The maximum absolute atomic E-state index is 13.1. The Hall–Kier alpha value is -3.74. The number of aromatic nitrogens is 4. The molecule has 0 bridgehead atoms. The zero-order valence-electron chi connectivity index (χ0n) is 16.9. The van der Waals surface area contributed by atoms with Gasteiger partial charge in [-0.1, -0.05) is 48.5 Å². The van der Waals surface area contributed by atoms with E-state index in [1.165, 1.54) is 0 Å². The molecule has 0 spiro atoms. The summed E-state index contributed by atoms with van der Waals surface area (Å²) in [5.41, 5.74) is 3.61. The van der Waals surface area contributed by atoms with Crippen LogP contribution >= 0.6 is 0 Å². The first-order valence-corrected chi connectivity index (χ1v) is 10.0. The number of nitrogens with zero attached hydrogens (tertiary/aromatic N) is 5. The molecule has 2 aromatic carbocycles. The van der Waals surface area contributed by atoms with Gasteiger partial charge < -0.3 is 5.32 Å². The molecule has 1 aliphatic rings. The van der Waals surface area contributed by atoms with Crippen LogP contribution in [0.15, 0.2) is 60.7 Å². The van der Waals surface area contributed by atoms with Crippen molar-refractivity contribution >= 4 is 28.6 Å². The Labute approximate surface area is 174 Å². The molecule has 7 heteroatoms. The molecule has 1 unspecified atom stereocenters. The maximum Gasteiger partial charge on any atom is 0.250 e. The second kappa shape index (κ2) is 7.26. The van der Waals surface area contributed by atoms with Crippen molar-refractivity contribution in [1.82, 2.24) is 19.7 Å². The first-order valence-electron chi connectivity index (χ1n) is 10.0. The summed E-state index contributed by atoms with van der Waals surface area (Å²) in [5.74, 6) is 1.29. The van der Waals surface area contributed by atoms with Crippen LogP contribution in [0.2, 0.25) is 0 Å². The van der Waals surface area contributed by atoms with E-state index in [0.29, 0.717) is 18.9 Å². The highest BCUT2D eigenvalue weighted by molar-refractivity contribution is 6.00. The summed E-state index contributed by atoms with van der Waals surface area (Å²) in [5, 5.41) is 8.62. The van der Waals surface area contributed by atoms with Gasteiger partial charge in [-0.2, -0.15) is 5.10 Å². The average molecular weight is 398 g/mol. The fourth-order valence-electron chi connectivity index (χ4n) is 4.00. The normalized spacial score (nSPS) is 16.4. The third-order valence-corrected chi connectivity index (χ3v) is 5.41. The molecule has 30 heavy (non-hydrogen) atoms. The minimum atomic E-state index is -0.370. The van der Waals surface area contributed by atoms with Crippen LogP contribution in [-0.4, -0.2) is 38.2 Å². The van der Waals surface area contributed by atoms with Crippen molar-refractivity contribution in [2.24, 2.45) is 7.05 Å². The zero-order valence-corrected chi connectivity index (χ0v) is 16.9. The van der Waals surface area contributed by atoms with E-state index in [2.05, 4.69) is 15.4 Å². The highest BCUT2D eigenvalue weighted by Crippen LogP contribution is 2.28. The Morgan fingerprint density at radius 3 is 2.57 bits per heavy atom. The topological polar surface area (TPSA) is 75.9 Å². The number of amides is 1. The van der Waals surface area contributed by atoms with Gasteiger partial charge in [-0.15, -0.1) is 0 Å². The molecule has 7 nitrogen and oxygen atoms in total. The number of rotatable bonds is 4. The molecule has 1 fully saturated rings. The third-order valence-electron chi connectivity index (χ3n) is 5.41. The van der Waals surface area contributed by atoms with Gasteiger partial charge in [0, 0.05) is 30.6 Å². The number of hydrogen-bond donors (Lipinski definition) is 1. The van der Waals surface area contributed by atoms with Crippen molar-refractivity contribution in [1.29, 1.82) is 0 Å². The quantitative estimate of drug-likeness (QED) is 0.569. The number of fused-ring (bicyclic) bond motifs is 1. The number of anilines is 2. The van der Waals surface area contributed by atoms with Crippen molar-refractivity contribution in [3.63, 3.8) is 0 Å². The molecule has 5 rings (SSSR count). The largest absolute Gasteiger partial charge is 0.342 e. The van der Waals surface area contributed by atoms with Crippen LogP contribution in [0.5, 0.6) is 0 Å². The lowest BCUT2D eigenvalue weighted by Gasteiger charge is -2.17. The summed E-state index contributed by atoms with van der Waals surface area (Å²) in [6, 6.07) is 19.5. The second-order valence-electron chi connectivity index (χ2n) is 7.52. The molecule has 0 aliphatic carbocycles. The van der Waals surface area contributed by atoms with E-state index in [1.54, 1.807) is 9.58 Å². The van der Waals surface area contributed by atoms with Crippen LogP contribution in [0.1, 0.15) is 12.1 Å². The lowest BCUT2D eigenvalue weighted by atomic mass is 10.1.